The van der Waals surface area contributed by atoms with Crippen molar-refractivity contribution in [1.82, 2.24) is 4.90 Å². The van der Waals surface area contributed by atoms with Crippen LogP contribution in [-0.2, 0) is 23.9 Å². The van der Waals surface area contributed by atoms with Crippen molar-refractivity contribution in [2.24, 2.45) is 11.8 Å². The van der Waals surface area contributed by atoms with Crippen LogP contribution in [0.1, 0.15) is 32.1 Å². The second kappa shape index (κ2) is 8.86. The minimum atomic E-state index is -0.634. The topological polar surface area (TPSA) is 102 Å². The molecule has 0 bridgehead atoms. The molecule has 8 heteroatoms. The molecule has 0 radical (unpaired) electrons. The normalized spacial score (nSPS) is 21.2. The summed E-state index contributed by atoms with van der Waals surface area (Å²) in [6.45, 7) is -0.457. The molecule has 1 saturated carbocycles. The Morgan fingerprint density at radius 3 is 2.39 bits per heavy atom. The predicted molar refractivity (Wildman–Crippen MR) is 99.4 cm³/mol. The SMILES string of the molecule is COc1ccccc1NC(=O)COC(=O)CCN1C(=O)[C@H]2CCCC[C@H]2C1=O. The van der Waals surface area contributed by atoms with E-state index in [4.69, 9.17) is 9.47 Å². The van der Waals surface area contributed by atoms with Crippen molar-refractivity contribution < 1.29 is 28.7 Å². The average Bonchev–Trinajstić information content (AvgIpc) is 2.95. The highest BCUT2D eigenvalue weighted by Gasteiger charge is 2.47. The molecule has 0 spiro atoms. The number of benzene rings is 1. The first kappa shape index (κ1) is 19.9. The van der Waals surface area contributed by atoms with Crippen LogP contribution in [0.4, 0.5) is 5.69 Å². The minimum absolute atomic E-state index is 0.00235. The number of para-hydroxylation sites is 2. The third kappa shape index (κ3) is 4.32. The van der Waals surface area contributed by atoms with Crippen LogP contribution in [0.2, 0.25) is 0 Å². The van der Waals surface area contributed by atoms with E-state index < -0.39 is 18.5 Å². The van der Waals surface area contributed by atoms with Crippen molar-refractivity contribution in [3.8, 4) is 5.75 Å². The molecule has 2 aliphatic rings. The lowest BCUT2D eigenvalue weighted by molar-refractivity contribution is -0.148. The van der Waals surface area contributed by atoms with E-state index in [9.17, 15) is 19.2 Å². The Bertz CT molecular complexity index is 754. The third-order valence-electron chi connectivity index (χ3n) is 5.22. The molecule has 3 rings (SSSR count). The molecule has 1 heterocycles. The van der Waals surface area contributed by atoms with Crippen LogP contribution in [0.15, 0.2) is 24.3 Å². The quantitative estimate of drug-likeness (QED) is 0.564. The van der Waals surface area contributed by atoms with E-state index in [0.29, 0.717) is 11.4 Å². The minimum Gasteiger partial charge on any atom is -0.495 e. The van der Waals surface area contributed by atoms with Gasteiger partial charge in [0, 0.05) is 6.54 Å². The number of nitrogens with one attached hydrogen (secondary N) is 1. The van der Waals surface area contributed by atoms with E-state index in [1.54, 1.807) is 24.3 Å². The number of fused-ring (bicyclic) bond motifs is 1. The molecule has 1 N–H and O–H groups in total. The van der Waals surface area contributed by atoms with Crippen molar-refractivity contribution in [3.63, 3.8) is 0 Å². The fourth-order valence-corrected chi connectivity index (χ4v) is 3.81. The summed E-state index contributed by atoms with van der Waals surface area (Å²) < 4.78 is 10.1. The Hall–Kier alpha value is -2.90. The zero-order chi connectivity index (χ0) is 20.1. The number of hydrogen-bond donors (Lipinski definition) is 1. The highest BCUT2D eigenvalue weighted by molar-refractivity contribution is 6.05. The number of ether oxygens (including phenoxy) is 2. The molecule has 0 aromatic heterocycles. The Labute approximate surface area is 163 Å². The molecule has 1 aliphatic carbocycles. The van der Waals surface area contributed by atoms with Gasteiger partial charge < -0.3 is 14.8 Å². The lowest BCUT2D eigenvalue weighted by Crippen LogP contribution is -2.33. The van der Waals surface area contributed by atoms with E-state index in [2.05, 4.69) is 5.32 Å². The van der Waals surface area contributed by atoms with Crippen LogP contribution in [0.25, 0.3) is 0 Å². The maximum atomic E-state index is 12.4. The second-order valence-corrected chi connectivity index (χ2v) is 6.98. The molecule has 1 aromatic carbocycles. The van der Waals surface area contributed by atoms with Gasteiger partial charge in [0.1, 0.15) is 5.75 Å². The number of hydrogen-bond acceptors (Lipinski definition) is 6. The Balaban J connectivity index is 1.44. The number of anilines is 1. The number of methoxy groups -OCH3 is 1. The van der Waals surface area contributed by atoms with E-state index >= 15 is 0 Å². The number of amides is 3. The molecule has 28 heavy (non-hydrogen) atoms. The van der Waals surface area contributed by atoms with Gasteiger partial charge in [-0.05, 0) is 25.0 Å². The highest BCUT2D eigenvalue weighted by atomic mass is 16.5. The number of imide groups is 1. The lowest BCUT2D eigenvalue weighted by Gasteiger charge is -2.19. The molecule has 0 unspecified atom stereocenters. The summed E-state index contributed by atoms with van der Waals surface area (Å²) in [5.74, 6) is -1.47. The van der Waals surface area contributed by atoms with Gasteiger partial charge >= 0.3 is 5.97 Å². The summed E-state index contributed by atoms with van der Waals surface area (Å²) in [7, 11) is 1.49. The Morgan fingerprint density at radius 2 is 1.75 bits per heavy atom. The smallest absolute Gasteiger partial charge is 0.308 e. The van der Waals surface area contributed by atoms with E-state index in [-0.39, 0.29) is 36.6 Å². The van der Waals surface area contributed by atoms with E-state index in [1.807, 2.05) is 0 Å². The Morgan fingerprint density at radius 1 is 1.11 bits per heavy atom. The molecule has 1 aromatic rings. The van der Waals surface area contributed by atoms with Crippen molar-refractivity contribution in [2.75, 3.05) is 25.6 Å². The summed E-state index contributed by atoms with van der Waals surface area (Å²) in [6, 6.07) is 6.88. The first-order valence-electron chi connectivity index (χ1n) is 9.45. The van der Waals surface area contributed by atoms with Crippen molar-refractivity contribution in [2.45, 2.75) is 32.1 Å². The second-order valence-electron chi connectivity index (χ2n) is 6.98. The number of rotatable bonds is 7. The summed E-state index contributed by atoms with van der Waals surface area (Å²) in [4.78, 5) is 49.8. The van der Waals surface area contributed by atoms with Crippen LogP contribution >= 0.6 is 0 Å². The first-order chi connectivity index (χ1) is 13.5. The summed E-state index contributed by atoms with van der Waals surface area (Å²) in [6.07, 6.45) is 3.26. The van der Waals surface area contributed by atoms with Crippen molar-refractivity contribution >= 4 is 29.4 Å². The van der Waals surface area contributed by atoms with Gasteiger partial charge in [-0.15, -0.1) is 0 Å². The monoisotopic (exact) mass is 388 g/mol. The molecule has 8 nitrogen and oxygen atoms in total. The summed E-state index contributed by atoms with van der Waals surface area (Å²) >= 11 is 0. The zero-order valence-electron chi connectivity index (χ0n) is 15.8. The predicted octanol–water partition coefficient (Wildman–Crippen LogP) is 1.74. The largest absolute Gasteiger partial charge is 0.495 e. The van der Waals surface area contributed by atoms with Gasteiger partial charge in [-0.2, -0.15) is 0 Å². The van der Waals surface area contributed by atoms with Crippen LogP contribution in [0, 0.1) is 11.8 Å². The lowest BCUT2D eigenvalue weighted by atomic mass is 9.81. The van der Waals surface area contributed by atoms with Crippen LogP contribution in [0.5, 0.6) is 5.75 Å². The van der Waals surface area contributed by atoms with Gasteiger partial charge in [0.05, 0.1) is 31.1 Å². The number of esters is 1. The molecule has 1 aliphatic heterocycles. The average molecular weight is 388 g/mol. The van der Waals surface area contributed by atoms with Crippen molar-refractivity contribution in [3.05, 3.63) is 24.3 Å². The van der Waals surface area contributed by atoms with Gasteiger partial charge in [-0.3, -0.25) is 24.1 Å². The maximum absolute atomic E-state index is 12.4. The molecule has 2 fully saturated rings. The van der Waals surface area contributed by atoms with Crippen LogP contribution in [0.3, 0.4) is 0 Å². The van der Waals surface area contributed by atoms with Crippen LogP contribution in [-0.4, -0.2) is 48.9 Å². The molecular weight excluding hydrogens is 364 g/mol. The molecule has 150 valence electrons. The third-order valence-corrected chi connectivity index (χ3v) is 5.22. The highest BCUT2D eigenvalue weighted by Crippen LogP contribution is 2.37. The molecule has 3 amide bonds. The van der Waals surface area contributed by atoms with Gasteiger partial charge in [-0.25, -0.2) is 0 Å². The fourth-order valence-electron chi connectivity index (χ4n) is 3.81. The van der Waals surface area contributed by atoms with Crippen molar-refractivity contribution in [1.29, 1.82) is 0 Å². The van der Waals surface area contributed by atoms with Gasteiger partial charge in [0.25, 0.3) is 5.91 Å². The molecule has 1 saturated heterocycles. The van der Waals surface area contributed by atoms with Crippen LogP contribution < -0.4 is 10.1 Å². The fraction of sp³-hybridized carbons (Fsp3) is 0.500. The summed E-state index contributed by atoms with van der Waals surface area (Å²) in [5.41, 5.74) is 0.474. The number of carbonyl (C=O) groups excluding carboxylic acids is 4. The van der Waals surface area contributed by atoms with Gasteiger partial charge in [0.2, 0.25) is 11.8 Å². The van der Waals surface area contributed by atoms with E-state index in [1.165, 1.54) is 12.0 Å². The zero-order valence-corrected chi connectivity index (χ0v) is 15.8. The molecular formula is C20H24N2O6. The molecule has 2 atom stereocenters. The van der Waals surface area contributed by atoms with Gasteiger partial charge in [0.15, 0.2) is 6.61 Å². The number of likely N-dealkylation sites (tertiary alicyclic amines) is 1. The number of carbonyl (C=O) groups is 4. The standard InChI is InChI=1S/C20H24N2O6/c1-27-16-9-5-4-8-15(16)21-17(23)12-28-18(24)10-11-22-19(25)13-6-2-3-7-14(13)20(22)26/h4-5,8-9,13-14H,2-3,6-7,10-12H2,1H3,(H,21,23)/t13-,14+. The summed E-state index contributed by atoms with van der Waals surface area (Å²) in [5, 5.41) is 2.60. The first-order valence-corrected chi connectivity index (χ1v) is 9.45. The van der Waals surface area contributed by atoms with Gasteiger partial charge in [-0.1, -0.05) is 25.0 Å². The number of nitrogens with zero attached hydrogens (tertiary/aromatic N) is 1. The maximum Gasteiger partial charge on any atom is 0.308 e. The Kier molecular flexibility index (Phi) is 6.28. The van der Waals surface area contributed by atoms with E-state index in [0.717, 1.165) is 25.7 Å².